The molecule has 0 aliphatic carbocycles. The van der Waals surface area contributed by atoms with Crippen molar-refractivity contribution >= 4 is 9.84 Å². The zero-order valence-electron chi connectivity index (χ0n) is 10.0. The number of nitrogens with one attached hydrogen (secondary N) is 1. The maximum absolute atomic E-state index is 11.5. The molecule has 1 aromatic heterocycles. The Morgan fingerprint density at radius 2 is 2.29 bits per heavy atom. The fourth-order valence-electron chi connectivity index (χ4n) is 1.94. The van der Waals surface area contributed by atoms with Gasteiger partial charge in [-0.15, -0.1) is 0 Å². The van der Waals surface area contributed by atoms with Crippen LogP contribution in [0.5, 0.6) is 0 Å². The fraction of sp³-hybridized carbons (Fsp3) is 0.800. The summed E-state index contributed by atoms with van der Waals surface area (Å²) in [6, 6.07) is -0.0172. The molecule has 0 saturated carbocycles. The number of hydrogen-bond donors (Lipinski definition) is 1. The molecule has 6 nitrogen and oxygen atoms in total. The van der Waals surface area contributed by atoms with Crippen LogP contribution in [0.3, 0.4) is 0 Å². The molecule has 0 spiro atoms. The largest absolute Gasteiger partial charge is 0.338 e. The lowest BCUT2D eigenvalue weighted by molar-refractivity contribution is 0.341. The Balaban J connectivity index is 2.15. The molecular formula is C10H17N3O3S. The summed E-state index contributed by atoms with van der Waals surface area (Å²) in [6.45, 7) is 1.91. The van der Waals surface area contributed by atoms with Gasteiger partial charge in [0.2, 0.25) is 5.89 Å². The van der Waals surface area contributed by atoms with Gasteiger partial charge in [0.25, 0.3) is 0 Å². The first-order valence-electron chi connectivity index (χ1n) is 5.73. The summed E-state index contributed by atoms with van der Waals surface area (Å²) in [7, 11) is -1.13. The Labute approximate surface area is 101 Å². The van der Waals surface area contributed by atoms with Gasteiger partial charge < -0.3 is 9.84 Å². The summed E-state index contributed by atoms with van der Waals surface area (Å²) in [6.07, 6.45) is 1.49. The third kappa shape index (κ3) is 2.84. The summed E-state index contributed by atoms with van der Waals surface area (Å²) in [5.41, 5.74) is 0. The lowest BCUT2D eigenvalue weighted by Crippen LogP contribution is -2.24. The Hall–Kier alpha value is -0.950. The van der Waals surface area contributed by atoms with E-state index < -0.39 is 9.84 Å². The number of rotatable bonds is 3. The molecule has 1 aliphatic heterocycles. The molecule has 1 N–H and O–H groups in total. The van der Waals surface area contributed by atoms with Crippen molar-refractivity contribution in [2.24, 2.45) is 0 Å². The van der Waals surface area contributed by atoms with Crippen LogP contribution in [0.25, 0.3) is 0 Å². The molecule has 1 saturated heterocycles. The van der Waals surface area contributed by atoms with Crippen LogP contribution >= 0.6 is 0 Å². The van der Waals surface area contributed by atoms with Crippen molar-refractivity contribution in [3.63, 3.8) is 0 Å². The molecule has 2 unspecified atom stereocenters. The van der Waals surface area contributed by atoms with Gasteiger partial charge >= 0.3 is 0 Å². The molecule has 0 aromatic carbocycles. The number of hydrogen-bond acceptors (Lipinski definition) is 6. The highest BCUT2D eigenvalue weighted by Gasteiger charge is 2.29. The molecule has 96 valence electrons. The molecule has 1 fully saturated rings. The minimum atomic E-state index is -2.93. The third-order valence-electron chi connectivity index (χ3n) is 3.09. The van der Waals surface area contributed by atoms with Crippen LogP contribution in [0.15, 0.2) is 4.52 Å². The molecule has 0 bridgehead atoms. The second kappa shape index (κ2) is 4.73. The predicted octanol–water partition coefficient (Wildman–Crippen LogP) is 0.642. The van der Waals surface area contributed by atoms with Crippen LogP contribution < -0.4 is 5.32 Å². The van der Waals surface area contributed by atoms with E-state index in [1.165, 1.54) is 0 Å². The summed E-state index contributed by atoms with van der Waals surface area (Å²) in [4.78, 5) is 4.27. The normalized spacial score (nSPS) is 25.6. The molecule has 1 aromatic rings. The topological polar surface area (TPSA) is 85.1 Å². The zero-order valence-corrected chi connectivity index (χ0v) is 10.8. The lowest BCUT2D eigenvalue weighted by Gasteiger charge is -2.18. The second-order valence-corrected chi connectivity index (χ2v) is 6.68. The van der Waals surface area contributed by atoms with Crippen LogP contribution in [0.4, 0.5) is 0 Å². The van der Waals surface area contributed by atoms with Crippen molar-refractivity contribution in [2.45, 2.75) is 31.7 Å². The highest BCUT2D eigenvalue weighted by Crippen LogP contribution is 2.26. The maximum Gasteiger partial charge on any atom is 0.243 e. The van der Waals surface area contributed by atoms with Gasteiger partial charge in [0.15, 0.2) is 15.7 Å². The third-order valence-corrected chi connectivity index (χ3v) is 4.91. The van der Waals surface area contributed by atoms with Crippen molar-refractivity contribution < 1.29 is 12.9 Å². The average molecular weight is 259 g/mol. The molecule has 0 amide bonds. The average Bonchev–Trinajstić information content (AvgIpc) is 2.76. The minimum absolute atomic E-state index is 0.0172. The SMILES string of the molecule is CNC(C)c1nc(C2CCCS(=O)(=O)C2)no1. The van der Waals surface area contributed by atoms with Crippen molar-refractivity contribution in [1.82, 2.24) is 15.5 Å². The van der Waals surface area contributed by atoms with Crippen LogP contribution in [0, 0.1) is 0 Å². The Kier molecular flexibility index (Phi) is 3.48. The fourth-order valence-corrected chi connectivity index (χ4v) is 3.64. The highest BCUT2D eigenvalue weighted by molar-refractivity contribution is 7.91. The predicted molar refractivity (Wildman–Crippen MR) is 62.4 cm³/mol. The van der Waals surface area contributed by atoms with E-state index in [2.05, 4.69) is 15.5 Å². The zero-order chi connectivity index (χ0) is 12.5. The first-order valence-corrected chi connectivity index (χ1v) is 7.55. The summed E-state index contributed by atoms with van der Waals surface area (Å²) < 4.78 is 28.2. The summed E-state index contributed by atoms with van der Waals surface area (Å²) in [5, 5.41) is 6.88. The van der Waals surface area contributed by atoms with E-state index in [-0.39, 0.29) is 23.5 Å². The van der Waals surface area contributed by atoms with Crippen LogP contribution in [-0.2, 0) is 9.84 Å². The minimum Gasteiger partial charge on any atom is -0.338 e. The van der Waals surface area contributed by atoms with Crippen LogP contribution in [0.1, 0.15) is 43.4 Å². The van der Waals surface area contributed by atoms with E-state index in [1.807, 2.05) is 6.92 Å². The van der Waals surface area contributed by atoms with Crippen molar-refractivity contribution in [3.8, 4) is 0 Å². The van der Waals surface area contributed by atoms with E-state index in [0.717, 1.165) is 6.42 Å². The first kappa shape index (κ1) is 12.5. The maximum atomic E-state index is 11.5. The smallest absolute Gasteiger partial charge is 0.243 e. The molecule has 7 heteroatoms. The van der Waals surface area contributed by atoms with Crippen LogP contribution in [-0.4, -0.2) is 37.1 Å². The van der Waals surface area contributed by atoms with Gasteiger partial charge in [-0.25, -0.2) is 8.42 Å². The number of sulfone groups is 1. The summed E-state index contributed by atoms with van der Waals surface area (Å²) >= 11 is 0. The van der Waals surface area contributed by atoms with Crippen molar-refractivity contribution in [1.29, 1.82) is 0 Å². The van der Waals surface area contributed by atoms with Crippen molar-refractivity contribution in [2.75, 3.05) is 18.6 Å². The monoisotopic (exact) mass is 259 g/mol. The summed E-state index contributed by atoms with van der Waals surface area (Å²) in [5.74, 6) is 1.33. The first-order chi connectivity index (χ1) is 8.02. The van der Waals surface area contributed by atoms with Gasteiger partial charge in [0.05, 0.1) is 17.5 Å². The molecule has 2 rings (SSSR count). The van der Waals surface area contributed by atoms with Gasteiger partial charge in [0.1, 0.15) is 0 Å². The number of nitrogens with zero attached hydrogens (tertiary/aromatic N) is 2. The standard InChI is InChI=1S/C10H17N3O3S/c1-7(11-2)10-12-9(13-16-10)8-4-3-5-17(14,15)6-8/h7-8,11H,3-6H2,1-2H3. The van der Waals surface area contributed by atoms with E-state index in [4.69, 9.17) is 4.52 Å². The van der Waals surface area contributed by atoms with E-state index in [0.29, 0.717) is 18.1 Å². The molecule has 17 heavy (non-hydrogen) atoms. The lowest BCUT2D eigenvalue weighted by atomic mass is 10.1. The van der Waals surface area contributed by atoms with E-state index >= 15 is 0 Å². The Morgan fingerprint density at radius 1 is 1.53 bits per heavy atom. The Morgan fingerprint density at radius 3 is 2.94 bits per heavy atom. The molecule has 2 heterocycles. The van der Waals surface area contributed by atoms with Gasteiger partial charge in [-0.3, -0.25) is 0 Å². The highest BCUT2D eigenvalue weighted by atomic mass is 32.2. The van der Waals surface area contributed by atoms with Crippen molar-refractivity contribution in [3.05, 3.63) is 11.7 Å². The molecule has 2 atom stereocenters. The number of aromatic nitrogens is 2. The van der Waals surface area contributed by atoms with E-state index in [9.17, 15) is 8.42 Å². The molecule has 0 radical (unpaired) electrons. The van der Waals surface area contributed by atoms with E-state index in [1.54, 1.807) is 7.05 Å². The molecule has 1 aliphatic rings. The quantitative estimate of drug-likeness (QED) is 0.857. The van der Waals surface area contributed by atoms with Crippen LogP contribution in [0.2, 0.25) is 0 Å². The van der Waals surface area contributed by atoms with Gasteiger partial charge in [-0.05, 0) is 26.8 Å². The molecular weight excluding hydrogens is 242 g/mol. The Bertz CT molecular complexity index is 483. The van der Waals surface area contributed by atoms with Gasteiger partial charge in [-0.1, -0.05) is 5.16 Å². The van der Waals surface area contributed by atoms with Gasteiger partial charge in [-0.2, -0.15) is 4.98 Å². The second-order valence-electron chi connectivity index (χ2n) is 4.45. The van der Waals surface area contributed by atoms with Gasteiger partial charge in [0, 0.05) is 5.92 Å².